The van der Waals surface area contributed by atoms with Crippen LogP contribution in [0.25, 0.3) is 0 Å². The Hall–Kier alpha value is -1.30. The minimum atomic E-state index is -1.58. The molecule has 0 heterocycles. The van der Waals surface area contributed by atoms with E-state index in [1.54, 1.807) is 0 Å². The van der Waals surface area contributed by atoms with Gasteiger partial charge >= 0.3 is 0 Å². The van der Waals surface area contributed by atoms with Crippen molar-refractivity contribution in [2.24, 2.45) is 0 Å². The Kier molecular flexibility index (Phi) is 6.94. The Morgan fingerprint density at radius 3 is 2.43 bits per heavy atom. The maximum atomic E-state index is 6.14. The molecule has 0 radical (unpaired) electrons. The highest BCUT2D eigenvalue weighted by molar-refractivity contribution is 6.74. The van der Waals surface area contributed by atoms with Crippen LogP contribution in [0.15, 0.2) is 42.5 Å². The van der Waals surface area contributed by atoms with Crippen molar-refractivity contribution >= 4 is 8.32 Å². The SMILES string of the molecule is CC(C)(C)[Si](C)(C)OCCC/C=C\C#Cc1ccccc1. The molecule has 1 aromatic rings. The molecule has 0 aliphatic carbocycles. The van der Waals surface area contributed by atoms with E-state index in [9.17, 15) is 0 Å². The average molecular weight is 301 g/mol. The number of rotatable bonds is 5. The van der Waals surface area contributed by atoms with Gasteiger partial charge in [0.1, 0.15) is 0 Å². The van der Waals surface area contributed by atoms with Gasteiger partial charge in [-0.1, -0.05) is 56.9 Å². The van der Waals surface area contributed by atoms with Crippen molar-refractivity contribution in [3.05, 3.63) is 48.0 Å². The molecule has 1 aromatic carbocycles. The first kappa shape index (κ1) is 17.7. The van der Waals surface area contributed by atoms with Gasteiger partial charge in [0, 0.05) is 12.2 Å². The largest absolute Gasteiger partial charge is 0.417 e. The molecule has 0 aromatic heterocycles. The first-order chi connectivity index (χ1) is 9.83. The van der Waals surface area contributed by atoms with Crippen LogP contribution in [0.2, 0.25) is 18.1 Å². The smallest absolute Gasteiger partial charge is 0.191 e. The third-order valence-electron chi connectivity index (χ3n) is 3.98. The van der Waals surface area contributed by atoms with Crippen LogP contribution >= 0.6 is 0 Å². The van der Waals surface area contributed by atoms with Crippen LogP contribution in [-0.4, -0.2) is 14.9 Å². The highest BCUT2D eigenvalue weighted by Gasteiger charge is 2.36. The summed E-state index contributed by atoms with van der Waals surface area (Å²) in [6.45, 7) is 12.3. The molecule has 0 N–H and O–H groups in total. The number of hydrogen-bond donors (Lipinski definition) is 0. The van der Waals surface area contributed by atoms with E-state index >= 15 is 0 Å². The van der Waals surface area contributed by atoms with Crippen LogP contribution in [-0.2, 0) is 4.43 Å². The molecule has 1 nitrogen and oxygen atoms in total. The van der Waals surface area contributed by atoms with E-state index in [2.05, 4.69) is 51.8 Å². The number of allylic oxidation sites excluding steroid dienone is 2. The lowest BCUT2D eigenvalue weighted by Gasteiger charge is -2.36. The van der Waals surface area contributed by atoms with Gasteiger partial charge < -0.3 is 4.43 Å². The Labute approximate surface area is 131 Å². The molecule has 0 spiro atoms. The summed E-state index contributed by atoms with van der Waals surface area (Å²) in [6.07, 6.45) is 6.17. The van der Waals surface area contributed by atoms with Gasteiger partial charge in [0.25, 0.3) is 0 Å². The van der Waals surface area contributed by atoms with Gasteiger partial charge in [-0.2, -0.15) is 0 Å². The van der Waals surface area contributed by atoms with E-state index < -0.39 is 8.32 Å². The zero-order chi connectivity index (χ0) is 15.8. The summed E-state index contributed by atoms with van der Waals surface area (Å²) in [6, 6.07) is 10.1. The van der Waals surface area contributed by atoms with Crippen LogP contribution in [0.5, 0.6) is 0 Å². The van der Waals surface area contributed by atoms with Crippen LogP contribution in [0.4, 0.5) is 0 Å². The Balaban J connectivity index is 2.24. The topological polar surface area (TPSA) is 9.23 Å². The lowest BCUT2D eigenvalue weighted by molar-refractivity contribution is 0.283. The third kappa shape index (κ3) is 6.79. The highest BCUT2D eigenvalue weighted by Crippen LogP contribution is 2.36. The first-order valence-corrected chi connectivity index (χ1v) is 10.6. The standard InChI is InChI=1S/C19H28OSi/c1-19(2,3)21(4,5)20-17-13-8-6-7-10-14-18-15-11-9-12-16-18/h6-7,9,11-12,15-16H,8,13,17H2,1-5H3/b7-6-. The molecule has 0 unspecified atom stereocenters. The Morgan fingerprint density at radius 2 is 1.81 bits per heavy atom. The summed E-state index contributed by atoms with van der Waals surface area (Å²) in [5.74, 6) is 6.19. The monoisotopic (exact) mass is 300 g/mol. The van der Waals surface area contributed by atoms with Crippen molar-refractivity contribution in [1.29, 1.82) is 0 Å². The fourth-order valence-electron chi connectivity index (χ4n) is 1.53. The summed E-state index contributed by atoms with van der Waals surface area (Å²) in [5, 5.41) is 0.296. The van der Waals surface area contributed by atoms with E-state index in [0.717, 1.165) is 25.0 Å². The molecule has 0 fully saturated rings. The average Bonchev–Trinajstić information content (AvgIpc) is 2.41. The normalized spacial score (nSPS) is 12.2. The van der Waals surface area contributed by atoms with Crippen LogP contribution in [0, 0.1) is 11.8 Å². The second kappa shape index (κ2) is 8.22. The van der Waals surface area contributed by atoms with Gasteiger partial charge in [0.05, 0.1) is 0 Å². The maximum Gasteiger partial charge on any atom is 0.191 e. The van der Waals surface area contributed by atoms with Gasteiger partial charge in [-0.3, -0.25) is 0 Å². The van der Waals surface area contributed by atoms with Gasteiger partial charge in [0.15, 0.2) is 8.32 Å². The van der Waals surface area contributed by atoms with Gasteiger partial charge in [-0.15, -0.1) is 0 Å². The van der Waals surface area contributed by atoms with Gasteiger partial charge in [-0.25, -0.2) is 0 Å². The summed E-state index contributed by atoms with van der Waals surface area (Å²) in [4.78, 5) is 0. The van der Waals surface area contributed by atoms with Crippen molar-refractivity contribution in [2.75, 3.05) is 6.61 Å². The summed E-state index contributed by atoms with van der Waals surface area (Å²) in [5.41, 5.74) is 1.06. The predicted molar refractivity (Wildman–Crippen MR) is 94.8 cm³/mol. The number of unbranched alkanes of at least 4 members (excludes halogenated alkanes) is 1. The van der Waals surface area contributed by atoms with E-state index in [1.165, 1.54) is 0 Å². The third-order valence-corrected chi connectivity index (χ3v) is 8.51. The minimum absolute atomic E-state index is 0.296. The van der Waals surface area contributed by atoms with Crippen molar-refractivity contribution in [1.82, 2.24) is 0 Å². The molecule has 0 atom stereocenters. The quantitative estimate of drug-likeness (QED) is 0.402. The second-order valence-corrected chi connectivity index (χ2v) is 11.6. The van der Waals surface area contributed by atoms with Crippen LogP contribution < -0.4 is 0 Å². The Bertz CT molecular complexity index is 498. The lowest BCUT2D eigenvalue weighted by atomic mass is 10.2. The molecular formula is C19H28OSi. The maximum absolute atomic E-state index is 6.14. The molecule has 1 rings (SSSR count). The van der Waals surface area contributed by atoms with Gasteiger partial charge in [-0.05, 0) is 49.2 Å². The van der Waals surface area contributed by atoms with Crippen LogP contribution in [0.1, 0.15) is 39.2 Å². The lowest BCUT2D eigenvalue weighted by Crippen LogP contribution is -2.40. The zero-order valence-corrected chi connectivity index (χ0v) is 15.1. The summed E-state index contributed by atoms with van der Waals surface area (Å²) >= 11 is 0. The molecule has 21 heavy (non-hydrogen) atoms. The minimum Gasteiger partial charge on any atom is -0.417 e. The number of hydrogen-bond acceptors (Lipinski definition) is 1. The van der Waals surface area contributed by atoms with Crippen molar-refractivity contribution in [3.8, 4) is 11.8 Å². The number of benzene rings is 1. The fourth-order valence-corrected chi connectivity index (χ4v) is 2.62. The van der Waals surface area contributed by atoms with E-state index in [-0.39, 0.29) is 0 Å². The van der Waals surface area contributed by atoms with Crippen molar-refractivity contribution in [3.63, 3.8) is 0 Å². The molecule has 0 amide bonds. The molecular weight excluding hydrogens is 272 g/mol. The molecule has 0 aliphatic heterocycles. The molecule has 114 valence electrons. The fraction of sp³-hybridized carbons (Fsp3) is 0.474. The molecule has 0 aliphatic rings. The zero-order valence-electron chi connectivity index (χ0n) is 14.1. The highest BCUT2D eigenvalue weighted by atomic mass is 28.4. The van der Waals surface area contributed by atoms with Crippen molar-refractivity contribution in [2.45, 2.75) is 51.7 Å². The molecule has 0 saturated heterocycles. The predicted octanol–water partition coefficient (Wildman–Crippen LogP) is 5.40. The van der Waals surface area contributed by atoms with E-state index in [4.69, 9.17) is 4.43 Å². The summed E-state index contributed by atoms with van der Waals surface area (Å²) in [7, 11) is -1.58. The first-order valence-electron chi connectivity index (χ1n) is 7.68. The van der Waals surface area contributed by atoms with Crippen molar-refractivity contribution < 1.29 is 4.43 Å². The molecule has 0 saturated carbocycles. The van der Waals surface area contributed by atoms with Gasteiger partial charge in [0.2, 0.25) is 0 Å². The molecule has 2 heteroatoms. The Morgan fingerprint density at radius 1 is 1.14 bits per heavy atom. The van der Waals surface area contributed by atoms with E-state index in [0.29, 0.717) is 5.04 Å². The van der Waals surface area contributed by atoms with E-state index in [1.807, 2.05) is 36.4 Å². The summed E-state index contributed by atoms with van der Waals surface area (Å²) < 4.78 is 6.14. The molecule has 0 bridgehead atoms. The second-order valence-electron chi connectivity index (χ2n) is 6.79. The van der Waals surface area contributed by atoms with Crippen LogP contribution in [0.3, 0.4) is 0 Å².